The minimum atomic E-state index is -0.349. The fraction of sp³-hybridized carbons (Fsp3) is 0.444. The number of benzene rings is 1. The van der Waals surface area contributed by atoms with Crippen molar-refractivity contribution in [3.05, 3.63) is 42.2 Å². The van der Waals surface area contributed by atoms with Gasteiger partial charge in [-0.3, -0.25) is 4.79 Å². The molecular weight excluding hydrogens is 380 g/mol. The zero-order chi connectivity index (χ0) is 16.9. The molecule has 1 amide bonds. The molecule has 3 rings (SSSR count). The molecule has 26 heavy (non-hydrogen) atoms. The lowest BCUT2D eigenvalue weighted by molar-refractivity contribution is -0.122. The molecule has 0 aliphatic carbocycles. The molecule has 1 aliphatic heterocycles. The summed E-state index contributed by atoms with van der Waals surface area (Å²) in [6.45, 7) is 3.05. The quantitative estimate of drug-likeness (QED) is 0.801. The van der Waals surface area contributed by atoms with E-state index in [0.717, 1.165) is 19.4 Å². The number of aryl methyl sites for hydroxylation is 1. The SMILES string of the molecule is CC1CC(NC(=O)CCc2ncc(-c3ccccc3F)o2)CCN1.Cl.Cl. The number of carbonyl (C=O) groups is 1. The van der Waals surface area contributed by atoms with Gasteiger partial charge in [-0.1, -0.05) is 12.1 Å². The number of rotatable bonds is 5. The van der Waals surface area contributed by atoms with Crippen LogP contribution in [0.3, 0.4) is 0 Å². The summed E-state index contributed by atoms with van der Waals surface area (Å²) in [5.74, 6) is 0.482. The highest BCUT2D eigenvalue weighted by molar-refractivity contribution is 5.85. The molecule has 2 heterocycles. The van der Waals surface area contributed by atoms with Crippen LogP contribution in [0.2, 0.25) is 0 Å². The van der Waals surface area contributed by atoms with Crippen LogP contribution in [0.15, 0.2) is 34.9 Å². The molecule has 0 spiro atoms. The first-order valence-electron chi connectivity index (χ1n) is 8.34. The summed E-state index contributed by atoms with van der Waals surface area (Å²) in [5, 5.41) is 6.42. The van der Waals surface area contributed by atoms with E-state index in [1.807, 2.05) is 0 Å². The zero-order valence-electron chi connectivity index (χ0n) is 14.5. The Bertz CT molecular complexity index is 711. The van der Waals surface area contributed by atoms with Crippen LogP contribution in [0.1, 0.15) is 32.1 Å². The van der Waals surface area contributed by atoms with E-state index in [4.69, 9.17) is 4.42 Å². The van der Waals surface area contributed by atoms with Gasteiger partial charge in [0.1, 0.15) is 5.82 Å². The molecule has 2 unspecified atom stereocenters. The topological polar surface area (TPSA) is 67.2 Å². The van der Waals surface area contributed by atoms with Crippen molar-refractivity contribution in [3.8, 4) is 11.3 Å². The molecule has 144 valence electrons. The lowest BCUT2D eigenvalue weighted by Gasteiger charge is -2.28. The van der Waals surface area contributed by atoms with Gasteiger partial charge < -0.3 is 15.1 Å². The summed E-state index contributed by atoms with van der Waals surface area (Å²) >= 11 is 0. The van der Waals surface area contributed by atoms with Gasteiger partial charge in [-0.05, 0) is 38.4 Å². The zero-order valence-corrected chi connectivity index (χ0v) is 16.2. The normalized spacial score (nSPS) is 19.2. The van der Waals surface area contributed by atoms with Gasteiger partial charge in [0, 0.05) is 24.9 Å². The lowest BCUT2D eigenvalue weighted by atomic mass is 10.0. The van der Waals surface area contributed by atoms with Crippen LogP contribution in [0.25, 0.3) is 11.3 Å². The van der Waals surface area contributed by atoms with Gasteiger partial charge >= 0.3 is 0 Å². The number of halogens is 3. The van der Waals surface area contributed by atoms with E-state index in [-0.39, 0.29) is 42.6 Å². The highest BCUT2D eigenvalue weighted by Crippen LogP contribution is 2.23. The standard InChI is InChI=1S/C18H22FN3O2.2ClH/c1-12-10-13(8-9-20-12)22-17(23)6-7-18-21-11-16(24-18)14-4-2-3-5-15(14)19;;/h2-5,11-13,20H,6-10H2,1H3,(H,22,23);2*1H. The smallest absolute Gasteiger partial charge is 0.220 e. The number of amides is 1. The molecule has 1 saturated heterocycles. The van der Waals surface area contributed by atoms with Crippen molar-refractivity contribution < 1.29 is 13.6 Å². The van der Waals surface area contributed by atoms with Crippen molar-refractivity contribution in [2.75, 3.05) is 6.54 Å². The number of hydrogen-bond acceptors (Lipinski definition) is 4. The maximum atomic E-state index is 13.7. The summed E-state index contributed by atoms with van der Waals surface area (Å²) in [6, 6.07) is 7.05. The molecule has 5 nitrogen and oxygen atoms in total. The van der Waals surface area contributed by atoms with Gasteiger partial charge in [-0.15, -0.1) is 24.8 Å². The number of carbonyl (C=O) groups excluding carboxylic acids is 1. The van der Waals surface area contributed by atoms with Crippen LogP contribution in [0.4, 0.5) is 4.39 Å². The molecule has 8 heteroatoms. The maximum Gasteiger partial charge on any atom is 0.220 e. The number of nitrogens with zero attached hydrogens (tertiary/aromatic N) is 1. The van der Waals surface area contributed by atoms with Crippen LogP contribution in [0.5, 0.6) is 0 Å². The Kier molecular flexibility index (Phi) is 9.05. The van der Waals surface area contributed by atoms with Crippen LogP contribution in [-0.2, 0) is 11.2 Å². The molecule has 1 aromatic heterocycles. The number of aromatic nitrogens is 1. The molecular formula is C18H24Cl2FN3O2. The van der Waals surface area contributed by atoms with Gasteiger partial charge in [0.2, 0.25) is 5.91 Å². The van der Waals surface area contributed by atoms with Gasteiger partial charge in [0.05, 0.1) is 11.8 Å². The van der Waals surface area contributed by atoms with E-state index in [0.29, 0.717) is 36.1 Å². The van der Waals surface area contributed by atoms with Crippen LogP contribution in [-0.4, -0.2) is 29.5 Å². The first kappa shape index (κ1) is 22.4. The van der Waals surface area contributed by atoms with E-state index in [2.05, 4.69) is 22.5 Å². The van der Waals surface area contributed by atoms with Gasteiger partial charge in [0.25, 0.3) is 0 Å². The Balaban J connectivity index is 0.00000169. The Hall–Kier alpha value is -1.63. The molecule has 2 aromatic rings. The fourth-order valence-electron chi connectivity index (χ4n) is 2.99. The molecule has 0 saturated carbocycles. The molecule has 1 fully saturated rings. The van der Waals surface area contributed by atoms with Crippen LogP contribution < -0.4 is 10.6 Å². The van der Waals surface area contributed by atoms with E-state index in [9.17, 15) is 9.18 Å². The van der Waals surface area contributed by atoms with Gasteiger partial charge in [-0.2, -0.15) is 0 Å². The molecule has 2 atom stereocenters. The Morgan fingerprint density at radius 3 is 2.88 bits per heavy atom. The number of nitrogens with one attached hydrogen (secondary N) is 2. The van der Waals surface area contributed by atoms with Crippen molar-refractivity contribution in [1.82, 2.24) is 15.6 Å². The minimum Gasteiger partial charge on any atom is -0.441 e. The van der Waals surface area contributed by atoms with E-state index >= 15 is 0 Å². The monoisotopic (exact) mass is 403 g/mol. The molecule has 0 bridgehead atoms. The third-order valence-electron chi connectivity index (χ3n) is 4.25. The third kappa shape index (κ3) is 5.97. The Morgan fingerprint density at radius 1 is 1.38 bits per heavy atom. The molecule has 0 radical (unpaired) electrons. The highest BCUT2D eigenvalue weighted by atomic mass is 35.5. The Morgan fingerprint density at radius 2 is 2.15 bits per heavy atom. The van der Waals surface area contributed by atoms with E-state index in [1.54, 1.807) is 18.2 Å². The largest absolute Gasteiger partial charge is 0.441 e. The third-order valence-corrected chi connectivity index (χ3v) is 4.25. The predicted molar refractivity (Wildman–Crippen MR) is 103 cm³/mol. The first-order valence-corrected chi connectivity index (χ1v) is 8.34. The molecule has 2 N–H and O–H groups in total. The summed E-state index contributed by atoms with van der Waals surface area (Å²) in [6.07, 6.45) is 4.12. The average molecular weight is 404 g/mol. The van der Waals surface area contributed by atoms with Crippen molar-refractivity contribution >= 4 is 30.7 Å². The van der Waals surface area contributed by atoms with Crippen LogP contribution in [0, 0.1) is 5.82 Å². The van der Waals surface area contributed by atoms with Crippen LogP contribution >= 0.6 is 24.8 Å². The fourth-order valence-corrected chi connectivity index (χ4v) is 2.99. The Labute approximate surface area is 165 Å². The second kappa shape index (κ2) is 10.5. The summed E-state index contributed by atoms with van der Waals surface area (Å²) in [5.41, 5.74) is 0.379. The highest BCUT2D eigenvalue weighted by Gasteiger charge is 2.20. The minimum absolute atomic E-state index is 0. The number of oxazole rings is 1. The maximum absolute atomic E-state index is 13.7. The van der Waals surface area contributed by atoms with E-state index < -0.39 is 0 Å². The second-order valence-corrected chi connectivity index (χ2v) is 6.24. The lowest BCUT2D eigenvalue weighted by Crippen LogP contribution is -2.46. The van der Waals surface area contributed by atoms with Gasteiger partial charge in [-0.25, -0.2) is 9.37 Å². The van der Waals surface area contributed by atoms with Crippen molar-refractivity contribution in [2.24, 2.45) is 0 Å². The van der Waals surface area contributed by atoms with Crippen molar-refractivity contribution in [2.45, 2.75) is 44.7 Å². The number of hydrogen-bond donors (Lipinski definition) is 2. The predicted octanol–water partition coefficient (Wildman–Crippen LogP) is 3.51. The molecule has 1 aliphatic rings. The average Bonchev–Trinajstić information content (AvgIpc) is 3.02. The van der Waals surface area contributed by atoms with E-state index in [1.165, 1.54) is 12.3 Å². The summed E-state index contributed by atoms with van der Waals surface area (Å²) in [7, 11) is 0. The molecule has 1 aromatic carbocycles. The van der Waals surface area contributed by atoms with Crippen molar-refractivity contribution in [1.29, 1.82) is 0 Å². The number of piperidine rings is 1. The summed E-state index contributed by atoms with van der Waals surface area (Å²) in [4.78, 5) is 16.2. The van der Waals surface area contributed by atoms with Crippen molar-refractivity contribution in [3.63, 3.8) is 0 Å². The van der Waals surface area contributed by atoms with Gasteiger partial charge in [0.15, 0.2) is 11.7 Å². The first-order chi connectivity index (χ1) is 11.6. The second-order valence-electron chi connectivity index (χ2n) is 6.24. The summed E-state index contributed by atoms with van der Waals surface area (Å²) < 4.78 is 19.3.